The zero-order valence-corrected chi connectivity index (χ0v) is 8.15. The minimum Gasteiger partial charge on any atom is -0.512 e. The molecule has 0 aromatic carbocycles. The van der Waals surface area contributed by atoms with E-state index >= 15 is 0 Å². The molecule has 3 nitrogen and oxygen atoms in total. The quantitative estimate of drug-likeness (QED) is 0.421. The molecule has 0 atom stereocenters. The van der Waals surface area contributed by atoms with Gasteiger partial charge in [0.2, 0.25) is 0 Å². The molecular formula is C9H15BFO3-. The molecule has 0 aromatic heterocycles. The first kappa shape index (κ1) is 13.1. The Bertz CT molecular complexity index is 165. The minimum absolute atomic E-state index is 0.0186. The summed E-state index contributed by atoms with van der Waals surface area (Å²) in [6.07, 6.45) is 4.22. The zero-order valence-electron chi connectivity index (χ0n) is 8.15. The molecule has 0 heterocycles. The maximum atomic E-state index is 13.6. The van der Waals surface area contributed by atoms with Gasteiger partial charge in [-0.1, -0.05) is 18.2 Å². The largest absolute Gasteiger partial charge is 0.567 e. The van der Waals surface area contributed by atoms with Crippen LogP contribution in [0.25, 0.3) is 0 Å². The second-order valence-electron chi connectivity index (χ2n) is 2.42. The Morgan fingerprint density at radius 1 is 0.857 bits per heavy atom. The summed E-state index contributed by atoms with van der Waals surface area (Å²) in [5, 5.41) is 0. The number of halogens is 1. The van der Waals surface area contributed by atoms with Crippen LogP contribution in [0.3, 0.4) is 0 Å². The normalized spacial score (nSPS) is 10.9. The summed E-state index contributed by atoms with van der Waals surface area (Å²) in [6, 6.07) is 0. The first-order chi connectivity index (χ1) is 6.68. The average molecular weight is 201 g/mol. The predicted octanol–water partition coefficient (Wildman–Crippen LogP) is 2.00. The smallest absolute Gasteiger partial charge is 0.512 e. The molecule has 0 unspecified atom stereocenters. The van der Waals surface area contributed by atoms with Crippen LogP contribution in [-0.4, -0.2) is 26.9 Å². The fraction of sp³-hybridized carbons (Fsp3) is 0.333. The highest BCUT2D eigenvalue weighted by atomic mass is 19.1. The maximum Gasteiger partial charge on any atom is 0.567 e. The van der Waals surface area contributed by atoms with E-state index in [1.54, 1.807) is 0 Å². The van der Waals surface area contributed by atoms with Gasteiger partial charge in [-0.05, 0) is 0 Å². The van der Waals surface area contributed by atoms with Crippen LogP contribution in [0.1, 0.15) is 0 Å². The van der Waals surface area contributed by atoms with Crippen LogP contribution >= 0.6 is 0 Å². The van der Waals surface area contributed by atoms with Crippen molar-refractivity contribution in [1.82, 2.24) is 0 Å². The van der Waals surface area contributed by atoms with Crippen molar-refractivity contribution in [2.45, 2.75) is 0 Å². The lowest BCUT2D eigenvalue weighted by atomic mass is 10.1. The van der Waals surface area contributed by atoms with Crippen molar-refractivity contribution in [3.63, 3.8) is 0 Å². The molecule has 0 bridgehead atoms. The summed E-state index contributed by atoms with van der Waals surface area (Å²) < 4.78 is 27.8. The van der Waals surface area contributed by atoms with Crippen molar-refractivity contribution in [3.05, 3.63) is 38.0 Å². The van der Waals surface area contributed by atoms with E-state index in [2.05, 4.69) is 19.7 Å². The topological polar surface area (TPSA) is 27.7 Å². The lowest BCUT2D eigenvalue weighted by Gasteiger charge is -2.32. The monoisotopic (exact) mass is 201 g/mol. The molecule has 0 aromatic rings. The van der Waals surface area contributed by atoms with Gasteiger partial charge in [-0.3, -0.25) is 0 Å². The highest BCUT2D eigenvalue weighted by Crippen LogP contribution is 2.11. The van der Waals surface area contributed by atoms with Crippen molar-refractivity contribution >= 4 is 7.03 Å². The standard InChI is InChI=1S/C9H15BFO3/c1-4-7-12-10(11,13-8-5-2)14-9-6-3/h4-6H,1-3,7-9H2/q-1. The highest BCUT2D eigenvalue weighted by molar-refractivity contribution is 6.52. The summed E-state index contributed by atoms with van der Waals surface area (Å²) in [6.45, 7) is 10.2. The second-order valence-corrected chi connectivity index (χ2v) is 2.42. The second kappa shape index (κ2) is 7.49. The fourth-order valence-corrected chi connectivity index (χ4v) is 0.693. The number of hydrogen-bond donors (Lipinski definition) is 0. The molecule has 0 fully saturated rings. The molecule has 0 rings (SSSR count). The van der Waals surface area contributed by atoms with E-state index < -0.39 is 7.03 Å². The summed E-state index contributed by atoms with van der Waals surface area (Å²) >= 11 is 0. The van der Waals surface area contributed by atoms with E-state index in [9.17, 15) is 4.32 Å². The van der Waals surface area contributed by atoms with E-state index in [0.717, 1.165) is 0 Å². The zero-order chi connectivity index (χ0) is 10.9. The van der Waals surface area contributed by atoms with Gasteiger partial charge in [0.1, 0.15) is 0 Å². The molecule has 0 amide bonds. The van der Waals surface area contributed by atoms with Gasteiger partial charge in [0.15, 0.2) is 0 Å². The van der Waals surface area contributed by atoms with Crippen molar-refractivity contribution in [2.75, 3.05) is 19.8 Å². The van der Waals surface area contributed by atoms with Crippen molar-refractivity contribution < 1.29 is 18.3 Å². The van der Waals surface area contributed by atoms with E-state index in [0.29, 0.717) is 0 Å². The fourth-order valence-electron chi connectivity index (χ4n) is 0.693. The first-order valence-electron chi connectivity index (χ1n) is 4.24. The molecule has 0 aliphatic heterocycles. The molecule has 0 saturated heterocycles. The van der Waals surface area contributed by atoms with Crippen molar-refractivity contribution in [1.29, 1.82) is 0 Å². The van der Waals surface area contributed by atoms with Gasteiger partial charge in [0.25, 0.3) is 0 Å². The third kappa shape index (κ3) is 5.69. The molecule has 0 radical (unpaired) electrons. The van der Waals surface area contributed by atoms with E-state index in [1.807, 2.05) is 0 Å². The lowest BCUT2D eigenvalue weighted by molar-refractivity contribution is 0.0434. The summed E-state index contributed by atoms with van der Waals surface area (Å²) in [5.74, 6) is 0. The molecular weight excluding hydrogens is 186 g/mol. The molecule has 0 saturated carbocycles. The molecule has 0 aliphatic carbocycles. The van der Waals surface area contributed by atoms with Crippen LogP contribution < -0.4 is 0 Å². The Balaban J connectivity index is 4.07. The van der Waals surface area contributed by atoms with Crippen LogP contribution in [0.2, 0.25) is 0 Å². The van der Waals surface area contributed by atoms with E-state index in [-0.39, 0.29) is 19.8 Å². The molecule has 5 heteroatoms. The molecule has 14 heavy (non-hydrogen) atoms. The highest BCUT2D eigenvalue weighted by Gasteiger charge is 2.28. The van der Waals surface area contributed by atoms with Gasteiger partial charge < -0.3 is 18.3 Å². The third-order valence-electron chi connectivity index (χ3n) is 1.24. The summed E-state index contributed by atoms with van der Waals surface area (Å²) in [7, 11) is -3.22. The first-order valence-corrected chi connectivity index (χ1v) is 4.24. The van der Waals surface area contributed by atoms with Gasteiger partial charge in [-0.15, -0.1) is 19.7 Å². The predicted molar refractivity (Wildman–Crippen MR) is 55.3 cm³/mol. The van der Waals surface area contributed by atoms with Crippen LogP contribution in [0.15, 0.2) is 38.0 Å². The molecule has 0 aliphatic rings. The van der Waals surface area contributed by atoms with Gasteiger partial charge in [-0.2, -0.15) is 0 Å². The number of rotatable bonds is 9. The SMILES string of the molecule is C=CCO[B-](F)(OCC=C)OCC=C. The minimum atomic E-state index is -3.22. The van der Waals surface area contributed by atoms with Crippen LogP contribution in [0, 0.1) is 0 Å². The van der Waals surface area contributed by atoms with Gasteiger partial charge >= 0.3 is 7.03 Å². The van der Waals surface area contributed by atoms with E-state index in [1.165, 1.54) is 18.2 Å². The van der Waals surface area contributed by atoms with Crippen molar-refractivity contribution in [2.24, 2.45) is 0 Å². The van der Waals surface area contributed by atoms with Crippen LogP contribution in [-0.2, 0) is 14.0 Å². The van der Waals surface area contributed by atoms with Crippen LogP contribution in [0.5, 0.6) is 0 Å². The average Bonchev–Trinajstić information content (AvgIpc) is 2.21. The van der Waals surface area contributed by atoms with Gasteiger partial charge in [-0.25, -0.2) is 0 Å². The number of hydrogen-bond acceptors (Lipinski definition) is 3. The van der Waals surface area contributed by atoms with Gasteiger partial charge in [0, 0.05) is 19.8 Å². The third-order valence-corrected chi connectivity index (χ3v) is 1.24. The molecule has 0 N–H and O–H groups in total. The Morgan fingerprint density at radius 3 is 1.36 bits per heavy atom. The Hall–Kier alpha value is -0.905. The Morgan fingerprint density at radius 2 is 1.14 bits per heavy atom. The van der Waals surface area contributed by atoms with E-state index in [4.69, 9.17) is 14.0 Å². The Kier molecular flexibility index (Phi) is 7.01. The lowest BCUT2D eigenvalue weighted by Crippen LogP contribution is -2.41. The van der Waals surface area contributed by atoms with Gasteiger partial charge in [0.05, 0.1) is 0 Å². The molecule has 80 valence electrons. The Labute approximate surface area is 83.9 Å². The molecule has 0 spiro atoms. The maximum absolute atomic E-state index is 13.6. The summed E-state index contributed by atoms with van der Waals surface area (Å²) in [4.78, 5) is 0. The van der Waals surface area contributed by atoms with Crippen molar-refractivity contribution in [3.8, 4) is 0 Å². The summed E-state index contributed by atoms with van der Waals surface area (Å²) in [5.41, 5.74) is 0. The van der Waals surface area contributed by atoms with Crippen LogP contribution in [0.4, 0.5) is 4.32 Å².